The summed E-state index contributed by atoms with van der Waals surface area (Å²) >= 11 is 11.6. The molecule has 0 heterocycles. The van der Waals surface area contributed by atoms with Crippen molar-refractivity contribution in [1.29, 1.82) is 0 Å². The van der Waals surface area contributed by atoms with E-state index in [0.29, 0.717) is 17.7 Å². The molecule has 0 spiro atoms. The van der Waals surface area contributed by atoms with Gasteiger partial charge in [0.15, 0.2) is 0 Å². The predicted octanol–water partition coefficient (Wildman–Crippen LogP) is 13.0. The minimum atomic E-state index is -3.88. The Kier molecular flexibility index (Phi) is 21.2. The van der Waals surface area contributed by atoms with Crippen LogP contribution in [0.4, 0.5) is 0 Å². The number of sulfonamides is 2. The van der Waals surface area contributed by atoms with Crippen LogP contribution in [-0.2, 0) is 51.3 Å². The molecule has 13 heteroatoms. The monoisotopic (exact) mass is 1030 g/mol. The fourth-order valence-corrected chi connectivity index (χ4v) is 9.22. The Balaban J connectivity index is 0.000000232. The van der Waals surface area contributed by atoms with Crippen molar-refractivity contribution in [3.63, 3.8) is 0 Å². The number of hydrogen-bond acceptors (Lipinski definition) is 6. The van der Waals surface area contributed by atoms with Crippen LogP contribution < -0.4 is 11.5 Å². The third kappa shape index (κ3) is 15.8. The van der Waals surface area contributed by atoms with Gasteiger partial charge in [0.05, 0.1) is 0 Å². The summed E-state index contributed by atoms with van der Waals surface area (Å²) in [5, 5.41) is 0. The van der Waals surface area contributed by atoms with Gasteiger partial charge in [-0.05, 0) is 64.9 Å². The van der Waals surface area contributed by atoms with Crippen molar-refractivity contribution in [3.8, 4) is 0 Å². The van der Waals surface area contributed by atoms with Gasteiger partial charge in [0.1, 0.15) is 20.0 Å². The molecule has 0 bridgehead atoms. The predicted molar refractivity (Wildman–Crippen MR) is 263 cm³/mol. The largest absolute Gasteiger partial charge is 2.00 e. The molecule has 0 radical (unpaired) electrons. The van der Waals surface area contributed by atoms with Gasteiger partial charge in [-0.2, -0.15) is 0 Å². The van der Waals surface area contributed by atoms with Gasteiger partial charge in [0.2, 0.25) is 0 Å². The Labute approximate surface area is 408 Å². The summed E-state index contributed by atoms with van der Waals surface area (Å²) in [6.07, 6.45) is 0. The molecule has 8 nitrogen and oxygen atoms in total. The van der Waals surface area contributed by atoms with E-state index in [1.54, 1.807) is 24.3 Å². The van der Waals surface area contributed by atoms with Crippen molar-refractivity contribution in [2.45, 2.75) is 72.4 Å². The van der Waals surface area contributed by atoms with Crippen LogP contribution in [0.25, 0.3) is 9.44 Å². The first-order valence-corrected chi connectivity index (χ1v) is 24.7. The van der Waals surface area contributed by atoms with Gasteiger partial charge in [-0.15, -0.1) is 23.2 Å². The van der Waals surface area contributed by atoms with Crippen molar-refractivity contribution in [2.75, 3.05) is 0 Å². The van der Waals surface area contributed by atoms with Crippen molar-refractivity contribution in [1.82, 2.24) is 0 Å². The third-order valence-electron chi connectivity index (χ3n) is 10.3. The number of halogens is 2. The fourth-order valence-electron chi connectivity index (χ4n) is 6.56. The Hall–Kier alpha value is -4.52. The van der Waals surface area contributed by atoms with Gasteiger partial charge in [-0.3, -0.25) is 0 Å². The molecule has 7 aromatic carbocycles. The minimum absolute atomic E-state index is 0. The molecular weight excluding hydrogens is 981 g/mol. The normalized spacial score (nSPS) is 13.1. The third-order valence-corrected chi connectivity index (χ3v) is 13.7. The van der Waals surface area contributed by atoms with Gasteiger partial charge in [-0.25, -0.2) is 16.8 Å². The van der Waals surface area contributed by atoms with E-state index < -0.39 is 44.2 Å². The molecule has 0 fully saturated rings. The van der Waals surface area contributed by atoms with E-state index in [4.69, 9.17) is 34.7 Å². The maximum absolute atomic E-state index is 12.9. The van der Waals surface area contributed by atoms with Gasteiger partial charge in [0, 0.05) is 33.6 Å². The first-order chi connectivity index (χ1) is 30.7. The number of nitrogens with zero attached hydrogens (tertiary/aromatic N) is 2. The van der Waals surface area contributed by atoms with Crippen LogP contribution >= 0.6 is 23.2 Å². The van der Waals surface area contributed by atoms with E-state index in [1.165, 1.54) is 35.4 Å². The Morgan fingerprint density at radius 2 is 0.723 bits per heavy atom. The number of alkyl halides is 2. The molecule has 0 aliphatic rings. The van der Waals surface area contributed by atoms with E-state index in [2.05, 4.69) is 54.5 Å². The maximum atomic E-state index is 12.9. The van der Waals surface area contributed by atoms with Crippen molar-refractivity contribution < 1.29 is 36.3 Å². The number of benzene rings is 7. The van der Waals surface area contributed by atoms with E-state index >= 15 is 0 Å². The molecule has 0 saturated carbocycles. The van der Waals surface area contributed by atoms with Crippen molar-refractivity contribution in [2.24, 2.45) is 11.5 Å². The van der Waals surface area contributed by atoms with Crippen molar-refractivity contribution in [3.05, 3.63) is 248 Å². The summed E-state index contributed by atoms with van der Waals surface area (Å²) in [5.41, 5.74) is 20.4. The summed E-state index contributed by atoms with van der Waals surface area (Å²) in [5.74, 6) is 1.30. The van der Waals surface area contributed by atoms with Gasteiger partial charge < -0.3 is 20.9 Å². The Morgan fingerprint density at radius 3 is 1.00 bits per heavy atom. The molecule has 4 atom stereocenters. The molecule has 0 amide bonds. The van der Waals surface area contributed by atoms with E-state index in [-0.39, 0.29) is 29.3 Å². The standard InChI is InChI=1S/2C21H20ClN2O2S.C10H14.Ru/c2*22-15-16-11-13-19(14-12-16)27(25,26)24-21(18-9-5-2-6-10-18)20(23)17-7-3-1-4-8-17;1-8(2)10-6-4-9(3)5-7-10;/h2*1-14,20-21H,15,23H2;4-8H,1-3H3;/q2*-1;;+2/t2*20-,21-;;/m11../s1. The SMILES string of the molecule is Cc1ccc(C(C)C)cc1.N[C@H](c1ccccc1)[C@H]([N-]S(=O)(=O)c1ccc(CCl)cc1)c1ccccc1.N[C@H](c1ccccc1)[C@H]([N-]S(=O)(=O)c1ccc(CCl)cc1)c1ccccc1.[Ru+2]. The van der Waals surface area contributed by atoms with E-state index in [0.717, 1.165) is 33.4 Å². The molecule has 4 N–H and O–H groups in total. The second kappa shape index (κ2) is 26.0. The summed E-state index contributed by atoms with van der Waals surface area (Å²) in [4.78, 5) is 0.245. The zero-order valence-electron chi connectivity index (χ0n) is 36.4. The number of rotatable bonds is 15. The number of hydrogen-bond donors (Lipinski definition) is 2. The molecule has 7 aromatic rings. The summed E-state index contributed by atoms with van der Waals surface area (Å²) in [6, 6.07) is 56.1. The van der Waals surface area contributed by atoms with Crippen LogP contribution in [0.3, 0.4) is 0 Å². The van der Waals surface area contributed by atoms with Crippen molar-refractivity contribution >= 4 is 43.2 Å². The summed E-state index contributed by atoms with van der Waals surface area (Å²) < 4.78 is 60.0. The number of aryl methyl sites for hydroxylation is 1. The molecular formula is C52H54Cl2N4O4RuS2. The molecule has 340 valence electrons. The van der Waals surface area contributed by atoms with Crippen LogP contribution in [0.15, 0.2) is 204 Å². The Morgan fingerprint density at radius 1 is 0.431 bits per heavy atom. The molecule has 0 unspecified atom stereocenters. The minimum Gasteiger partial charge on any atom is -0.537 e. The summed E-state index contributed by atoms with van der Waals surface area (Å²) in [7, 11) is -7.77. The molecule has 0 aromatic heterocycles. The smallest absolute Gasteiger partial charge is 0.537 e. The van der Waals surface area contributed by atoms with Gasteiger partial charge in [0.25, 0.3) is 0 Å². The van der Waals surface area contributed by atoms with Gasteiger partial charge >= 0.3 is 19.5 Å². The second-order valence-electron chi connectivity index (χ2n) is 15.4. The zero-order chi connectivity index (χ0) is 46.1. The molecule has 0 aliphatic carbocycles. The molecule has 0 saturated heterocycles. The van der Waals surface area contributed by atoms with Crippen LogP contribution in [0.5, 0.6) is 0 Å². The summed E-state index contributed by atoms with van der Waals surface area (Å²) in [6.45, 7) is 6.54. The fraction of sp³-hybridized carbons (Fsp3) is 0.192. The topological polar surface area (TPSA) is 149 Å². The number of nitrogens with two attached hydrogens (primary N) is 2. The van der Waals surface area contributed by atoms with E-state index in [9.17, 15) is 16.8 Å². The van der Waals surface area contributed by atoms with Crippen LogP contribution in [0, 0.1) is 6.92 Å². The average Bonchev–Trinajstić information content (AvgIpc) is 3.33. The molecule has 65 heavy (non-hydrogen) atoms. The maximum Gasteiger partial charge on any atom is 2.00 e. The molecule has 0 aliphatic heterocycles. The van der Waals surface area contributed by atoms with Crippen LogP contribution in [-0.4, -0.2) is 16.8 Å². The first kappa shape index (κ1) is 53.1. The first-order valence-electron chi connectivity index (χ1n) is 20.7. The van der Waals surface area contributed by atoms with E-state index in [1.807, 2.05) is 121 Å². The van der Waals surface area contributed by atoms with Crippen LogP contribution in [0.2, 0.25) is 0 Å². The second-order valence-corrected chi connectivity index (χ2v) is 19.2. The van der Waals surface area contributed by atoms with Gasteiger partial charge in [-0.1, -0.05) is 212 Å². The Bertz CT molecular complexity index is 2500. The molecule has 7 rings (SSSR count). The zero-order valence-corrected chi connectivity index (χ0v) is 41.3. The van der Waals surface area contributed by atoms with Crippen LogP contribution in [0.1, 0.15) is 88.4 Å². The quantitative estimate of drug-likeness (QED) is 0.0771. The average molecular weight is 1040 g/mol.